The van der Waals surface area contributed by atoms with Crippen molar-refractivity contribution in [1.29, 1.82) is 0 Å². The van der Waals surface area contributed by atoms with Crippen LogP contribution >= 0.6 is 0 Å². The van der Waals surface area contributed by atoms with E-state index in [9.17, 15) is 17.6 Å². The molecule has 0 spiro atoms. The number of hydrogen-bond donors (Lipinski definition) is 1. The van der Waals surface area contributed by atoms with E-state index >= 15 is 0 Å². The van der Waals surface area contributed by atoms with Crippen LogP contribution in [0.25, 0.3) is 0 Å². The van der Waals surface area contributed by atoms with Gasteiger partial charge in [-0.1, -0.05) is 19.1 Å². The summed E-state index contributed by atoms with van der Waals surface area (Å²) in [5, 5.41) is 2.57. The van der Waals surface area contributed by atoms with Crippen molar-refractivity contribution < 1.29 is 17.6 Å². The highest BCUT2D eigenvalue weighted by Crippen LogP contribution is 2.19. The summed E-state index contributed by atoms with van der Waals surface area (Å²) in [6.45, 7) is 1.76. The number of benzene rings is 2. The topological polar surface area (TPSA) is 63.2 Å². The zero-order chi connectivity index (χ0) is 16.2. The van der Waals surface area contributed by atoms with Gasteiger partial charge in [0, 0.05) is 5.69 Å². The molecule has 0 fully saturated rings. The van der Waals surface area contributed by atoms with Gasteiger partial charge in [0.2, 0.25) is 0 Å². The molecular weight excluding hydrogens is 305 g/mol. The Labute approximate surface area is 128 Å². The molecule has 116 valence electrons. The SMILES string of the molecule is CCCS(=O)(=O)c1ccccc1C(=O)Nc1ccc(F)cc1. The van der Waals surface area contributed by atoms with Gasteiger partial charge in [-0.2, -0.15) is 0 Å². The standard InChI is InChI=1S/C16H16FNO3S/c1-2-11-22(20,21)15-6-4-3-5-14(15)16(19)18-13-9-7-12(17)8-10-13/h3-10H,2,11H2,1H3,(H,18,19). The minimum atomic E-state index is -3.51. The molecule has 0 radical (unpaired) electrons. The maximum atomic E-state index is 12.9. The molecule has 0 aliphatic carbocycles. The highest BCUT2D eigenvalue weighted by Gasteiger charge is 2.21. The van der Waals surface area contributed by atoms with Gasteiger partial charge in [0.15, 0.2) is 9.84 Å². The summed E-state index contributed by atoms with van der Waals surface area (Å²) in [6, 6.07) is 11.3. The molecule has 0 aliphatic heterocycles. The Bertz CT molecular complexity index is 770. The molecule has 0 saturated heterocycles. The van der Waals surface area contributed by atoms with E-state index in [2.05, 4.69) is 5.32 Å². The first-order chi connectivity index (χ1) is 10.4. The van der Waals surface area contributed by atoms with Gasteiger partial charge in [-0.25, -0.2) is 12.8 Å². The van der Waals surface area contributed by atoms with Crippen molar-refractivity contribution >= 4 is 21.4 Å². The number of amides is 1. The molecule has 0 saturated carbocycles. The third kappa shape index (κ3) is 3.71. The van der Waals surface area contributed by atoms with Crippen LogP contribution in [0.5, 0.6) is 0 Å². The second-order valence-electron chi connectivity index (χ2n) is 4.78. The van der Waals surface area contributed by atoms with Crippen molar-refractivity contribution in [2.45, 2.75) is 18.2 Å². The van der Waals surface area contributed by atoms with E-state index in [1.807, 2.05) is 0 Å². The van der Waals surface area contributed by atoms with Crippen LogP contribution < -0.4 is 5.32 Å². The first-order valence-electron chi connectivity index (χ1n) is 6.83. The first-order valence-corrected chi connectivity index (χ1v) is 8.48. The van der Waals surface area contributed by atoms with Gasteiger partial charge in [-0.3, -0.25) is 4.79 Å². The summed E-state index contributed by atoms with van der Waals surface area (Å²) in [6.07, 6.45) is 0.469. The molecule has 0 bridgehead atoms. The highest BCUT2D eigenvalue weighted by atomic mass is 32.2. The highest BCUT2D eigenvalue weighted by molar-refractivity contribution is 7.91. The monoisotopic (exact) mass is 321 g/mol. The summed E-state index contributed by atoms with van der Waals surface area (Å²) in [7, 11) is -3.51. The number of hydrogen-bond acceptors (Lipinski definition) is 3. The van der Waals surface area contributed by atoms with Crippen molar-refractivity contribution in [2.75, 3.05) is 11.1 Å². The molecule has 2 aromatic carbocycles. The molecule has 2 rings (SSSR count). The van der Waals surface area contributed by atoms with E-state index in [1.165, 1.54) is 36.4 Å². The van der Waals surface area contributed by atoms with Gasteiger partial charge in [0.25, 0.3) is 5.91 Å². The summed E-state index contributed by atoms with van der Waals surface area (Å²) >= 11 is 0. The Balaban J connectivity index is 2.32. The zero-order valence-corrected chi connectivity index (χ0v) is 12.9. The average Bonchev–Trinajstić information content (AvgIpc) is 2.49. The van der Waals surface area contributed by atoms with Crippen molar-refractivity contribution in [2.24, 2.45) is 0 Å². The van der Waals surface area contributed by atoms with Crippen LogP contribution in [0.4, 0.5) is 10.1 Å². The van der Waals surface area contributed by atoms with Gasteiger partial charge in [-0.15, -0.1) is 0 Å². The zero-order valence-electron chi connectivity index (χ0n) is 12.0. The van der Waals surface area contributed by atoms with E-state index in [0.29, 0.717) is 12.1 Å². The fourth-order valence-electron chi connectivity index (χ4n) is 2.04. The van der Waals surface area contributed by atoms with Crippen LogP contribution in [0.3, 0.4) is 0 Å². The van der Waals surface area contributed by atoms with Gasteiger partial charge < -0.3 is 5.32 Å². The van der Waals surface area contributed by atoms with Crippen molar-refractivity contribution in [3.63, 3.8) is 0 Å². The van der Waals surface area contributed by atoms with E-state index < -0.39 is 21.6 Å². The van der Waals surface area contributed by atoms with Crippen LogP contribution in [-0.2, 0) is 9.84 Å². The maximum Gasteiger partial charge on any atom is 0.256 e. The van der Waals surface area contributed by atoms with Gasteiger partial charge in [-0.05, 0) is 42.8 Å². The molecule has 4 nitrogen and oxygen atoms in total. The fraction of sp³-hybridized carbons (Fsp3) is 0.188. The van der Waals surface area contributed by atoms with Crippen LogP contribution in [0.15, 0.2) is 53.4 Å². The third-order valence-corrected chi connectivity index (χ3v) is 5.01. The molecule has 0 aromatic heterocycles. The second kappa shape index (κ2) is 6.70. The lowest BCUT2D eigenvalue weighted by Crippen LogP contribution is -2.17. The molecule has 0 unspecified atom stereocenters. The van der Waals surface area contributed by atoms with E-state index in [1.54, 1.807) is 19.1 Å². The molecule has 0 aliphatic rings. The van der Waals surface area contributed by atoms with Crippen molar-refractivity contribution in [3.8, 4) is 0 Å². The van der Waals surface area contributed by atoms with E-state index in [-0.39, 0.29) is 16.2 Å². The quantitative estimate of drug-likeness (QED) is 0.919. The molecule has 2 aromatic rings. The summed E-state index contributed by atoms with van der Waals surface area (Å²) < 4.78 is 37.3. The second-order valence-corrected chi connectivity index (χ2v) is 6.85. The number of carbonyl (C=O) groups is 1. The summed E-state index contributed by atoms with van der Waals surface area (Å²) in [4.78, 5) is 12.3. The van der Waals surface area contributed by atoms with Crippen LogP contribution in [0.2, 0.25) is 0 Å². The largest absolute Gasteiger partial charge is 0.322 e. The van der Waals surface area contributed by atoms with Crippen molar-refractivity contribution in [1.82, 2.24) is 0 Å². The van der Waals surface area contributed by atoms with E-state index in [4.69, 9.17) is 0 Å². The lowest BCUT2D eigenvalue weighted by molar-refractivity contribution is 0.102. The number of nitrogens with one attached hydrogen (secondary N) is 1. The lowest BCUT2D eigenvalue weighted by Gasteiger charge is -2.10. The maximum absolute atomic E-state index is 12.9. The first kappa shape index (κ1) is 16.2. The molecule has 0 atom stereocenters. The van der Waals surface area contributed by atoms with Crippen LogP contribution in [0.1, 0.15) is 23.7 Å². The Morgan fingerprint density at radius 1 is 1.09 bits per heavy atom. The number of sulfone groups is 1. The fourth-order valence-corrected chi connectivity index (χ4v) is 3.57. The molecule has 1 N–H and O–H groups in total. The van der Waals surface area contributed by atoms with Gasteiger partial charge in [0.05, 0.1) is 16.2 Å². The average molecular weight is 321 g/mol. The number of anilines is 1. The minimum absolute atomic E-state index is 0.0106. The van der Waals surface area contributed by atoms with Crippen LogP contribution in [-0.4, -0.2) is 20.1 Å². The minimum Gasteiger partial charge on any atom is -0.322 e. The Morgan fingerprint density at radius 3 is 2.36 bits per heavy atom. The molecule has 22 heavy (non-hydrogen) atoms. The normalized spacial score (nSPS) is 11.2. The third-order valence-electron chi connectivity index (χ3n) is 3.04. The van der Waals surface area contributed by atoms with Gasteiger partial charge >= 0.3 is 0 Å². The Kier molecular flexibility index (Phi) is 4.92. The molecular formula is C16H16FNO3S. The molecule has 6 heteroatoms. The smallest absolute Gasteiger partial charge is 0.256 e. The lowest BCUT2D eigenvalue weighted by atomic mass is 10.2. The van der Waals surface area contributed by atoms with Crippen molar-refractivity contribution in [3.05, 3.63) is 59.9 Å². The summed E-state index contributed by atoms with van der Waals surface area (Å²) in [5.74, 6) is -0.973. The van der Waals surface area contributed by atoms with Gasteiger partial charge in [0.1, 0.15) is 5.82 Å². The summed E-state index contributed by atoms with van der Waals surface area (Å²) in [5.41, 5.74) is 0.481. The molecule has 1 amide bonds. The van der Waals surface area contributed by atoms with Crippen LogP contribution in [0, 0.1) is 5.82 Å². The number of rotatable bonds is 5. The number of halogens is 1. The van der Waals surface area contributed by atoms with E-state index in [0.717, 1.165) is 0 Å². The number of carbonyl (C=O) groups excluding carboxylic acids is 1. The predicted molar refractivity (Wildman–Crippen MR) is 83.1 cm³/mol. The predicted octanol–water partition coefficient (Wildman–Crippen LogP) is 3.26. The Hall–Kier alpha value is -2.21. The Morgan fingerprint density at radius 2 is 1.73 bits per heavy atom. The molecule has 0 heterocycles.